The molecule has 0 saturated carbocycles. The SMILES string of the molecule is CCN(C)Cc1c(Cc2ccnc(NS(=O)(=O)NC)c2F)c(=O)oc2cc(OC(=O)N(C)C)ccc12. The largest absolute Gasteiger partial charge is 0.422 e. The lowest BCUT2D eigenvalue weighted by atomic mass is 9.98. The molecule has 0 bridgehead atoms. The third-order valence-corrected chi connectivity index (χ3v) is 6.47. The molecule has 194 valence electrons. The number of carbonyl (C=O) groups excluding carboxylic acids is 1. The first-order valence-electron chi connectivity index (χ1n) is 11.0. The van der Waals surface area contributed by atoms with Gasteiger partial charge in [-0.2, -0.15) is 8.42 Å². The molecule has 3 aromatic rings. The Balaban J connectivity index is 2.11. The Hall–Kier alpha value is -3.55. The lowest BCUT2D eigenvalue weighted by Gasteiger charge is -2.19. The molecule has 13 heteroatoms. The molecule has 0 unspecified atom stereocenters. The first-order valence-corrected chi connectivity index (χ1v) is 12.4. The Morgan fingerprint density at radius 2 is 1.92 bits per heavy atom. The highest BCUT2D eigenvalue weighted by Crippen LogP contribution is 2.28. The molecule has 0 spiro atoms. The van der Waals surface area contributed by atoms with Crippen LogP contribution in [0.1, 0.15) is 23.6 Å². The van der Waals surface area contributed by atoms with Crippen LogP contribution in [0.2, 0.25) is 0 Å². The maximum absolute atomic E-state index is 15.2. The lowest BCUT2D eigenvalue weighted by molar-refractivity contribution is 0.172. The highest BCUT2D eigenvalue weighted by atomic mass is 32.2. The molecule has 0 radical (unpaired) electrons. The number of fused-ring (bicyclic) bond motifs is 1. The minimum atomic E-state index is -4.00. The van der Waals surface area contributed by atoms with Crippen molar-refractivity contribution in [3.05, 3.63) is 63.4 Å². The average molecular weight is 522 g/mol. The van der Waals surface area contributed by atoms with Crippen molar-refractivity contribution in [1.82, 2.24) is 19.5 Å². The molecule has 0 aliphatic heterocycles. The van der Waals surface area contributed by atoms with E-state index in [-0.39, 0.29) is 28.9 Å². The first-order chi connectivity index (χ1) is 17.0. The maximum atomic E-state index is 15.2. The van der Waals surface area contributed by atoms with Gasteiger partial charge in [0.15, 0.2) is 11.6 Å². The van der Waals surface area contributed by atoms with Crippen molar-refractivity contribution in [3.63, 3.8) is 0 Å². The van der Waals surface area contributed by atoms with Crippen molar-refractivity contribution in [3.8, 4) is 5.75 Å². The molecule has 0 atom stereocenters. The fraction of sp³-hybridized carbons (Fsp3) is 0.348. The minimum absolute atomic E-state index is 0.0578. The summed E-state index contributed by atoms with van der Waals surface area (Å²) in [4.78, 5) is 32.0. The van der Waals surface area contributed by atoms with Crippen LogP contribution in [0.3, 0.4) is 0 Å². The van der Waals surface area contributed by atoms with Gasteiger partial charge < -0.3 is 19.0 Å². The van der Waals surface area contributed by atoms with E-state index in [1.54, 1.807) is 26.2 Å². The summed E-state index contributed by atoms with van der Waals surface area (Å²) in [5.41, 5.74) is 0.414. The summed E-state index contributed by atoms with van der Waals surface area (Å²) in [5, 5.41) is 0.597. The second kappa shape index (κ2) is 11.0. The van der Waals surface area contributed by atoms with E-state index in [2.05, 4.69) is 4.98 Å². The van der Waals surface area contributed by atoms with Gasteiger partial charge in [-0.05, 0) is 42.9 Å². The predicted molar refractivity (Wildman–Crippen MR) is 133 cm³/mol. The van der Waals surface area contributed by atoms with E-state index in [4.69, 9.17) is 9.15 Å². The van der Waals surface area contributed by atoms with Gasteiger partial charge in [-0.25, -0.2) is 23.7 Å². The van der Waals surface area contributed by atoms with E-state index in [0.717, 1.165) is 0 Å². The minimum Gasteiger partial charge on any atom is -0.422 e. The topological polar surface area (TPSA) is 134 Å². The highest BCUT2D eigenvalue weighted by Gasteiger charge is 2.21. The molecule has 3 rings (SSSR count). The number of carbonyl (C=O) groups is 1. The van der Waals surface area contributed by atoms with Gasteiger partial charge in [-0.15, -0.1) is 0 Å². The number of nitrogens with zero attached hydrogens (tertiary/aromatic N) is 3. The normalized spacial score (nSPS) is 11.6. The van der Waals surface area contributed by atoms with Crippen LogP contribution in [-0.2, 0) is 23.2 Å². The summed E-state index contributed by atoms with van der Waals surface area (Å²) in [6.07, 6.45) is 0.500. The molecule has 0 fully saturated rings. The molecule has 2 aromatic heterocycles. The van der Waals surface area contributed by atoms with E-state index >= 15 is 4.39 Å². The number of ether oxygens (including phenoxy) is 1. The van der Waals surface area contributed by atoms with Gasteiger partial charge in [0.2, 0.25) is 0 Å². The van der Waals surface area contributed by atoms with Crippen LogP contribution in [0.25, 0.3) is 11.0 Å². The quantitative estimate of drug-likeness (QED) is 0.410. The number of anilines is 1. The van der Waals surface area contributed by atoms with Crippen LogP contribution in [0.5, 0.6) is 5.75 Å². The van der Waals surface area contributed by atoms with Crippen LogP contribution >= 0.6 is 0 Å². The molecule has 0 aliphatic rings. The van der Waals surface area contributed by atoms with Crippen LogP contribution in [0.4, 0.5) is 15.0 Å². The molecule has 36 heavy (non-hydrogen) atoms. The standard InChI is InChI=1S/C23H28FN5O6S/c1-6-29(5)13-18-16-8-7-15(34-23(31)28(3)4)12-19(16)35-22(30)17(18)11-14-9-10-26-21(20(14)24)27-36(32,33)25-2/h7-10,12,25H,6,11,13H2,1-5H3,(H,26,27). The smallest absolute Gasteiger partial charge is 0.414 e. The fourth-order valence-corrected chi connectivity index (χ4v) is 3.84. The van der Waals surface area contributed by atoms with Gasteiger partial charge >= 0.3 is 11.7 Å². The van der Waals surface area contributed by atoms with Crippen molar-refractivity contribution in [2.45, 2.75) is 19.9 Å². The molecule has 2 N–H and O–H groups in total. The summed E-state index contributed by atoms with van der Waals surface area (Å²) < 4.78 is 53.6. The maximum Gasteiger partial charge on any atom is 0.414 e. The second-order valence-electron chi connectivity index (χ2n) is 8.22. The van der Waals surface area contributed by atoms with Gasteiger partial charge in [0.05, 0.1) is 0 Å². The number of halogens is 1. The number of benzene rings is 1. The number of rotatable bonds is 9. The van der Waals surface area contributed by atoms with Crippen LogP contribution in [-0.4, -0.2) is 64.0 Å². The number of nitrogens with one attached hydrogen (secondary N) is 2. The van der Waals surface area contributed by atoms with Crippen molar-refractivity contribution in [2.24, 2.45) is 0 Å². The summed E-state index contributed by atoms with van der Waals surface area (Å²) in [5.74, 6) is -1.20. The van der Waals surface area contributed by atoms with Crippen LogP contribution in [0.15, 0.2) is 39.7 Å². The number of hydrogen-bond donors (Lipinski definition) is 2. The lowest BCUT2D eigenvalue weighted by Crippen LogP contribution is -2.27. The third kappa shape index (κ3) is 6.17. The number of aromatic nitrogens is 1. The Bertz CT molecular complexity index is 1440. The van der Waals surface area contributed by atoms with Gasteiger partial charge in [0, 0.05) is 57.3 Å². The monoisotopic (exact) mass is 521 g/mol. The van der Waals surface area contributed by atoms with E-state index in [1.165, 1.54) is 30.3 Å². The van der Waals surface area contributed by atoms with Crippen molar-refractivity contribution in [1.29, 1.82) is 0 Å². The molecule has 0 saturated heterocycles. The second-order valence-corrected chi connectivity index (χ2v) is 9.84. The highest BCUT2D eigenvalue weighted by molar-refractivity contribution is 7.90. The molecule has 1 aromatic carbocycles. The Morgan fingerprint density at radius 3 is 2.56 bits per heavy atom. The van der Waals surface area contributed by atoms with Crippen molar-refractivity contribution < 1.29 is 26.8 Å². The fourth-order valence-electron chi connectivity index (χ4n) is 3.34. The van der Waals surface area contributed by atoms with Crippen molar-refractivity contribution >= 4 is 33.1 Å². The Labute approximate surface area is 208 Å². The predicted octanol–water partition coefficient (Wildman–Crippen LogP) is 2.31. The molecular weight excluding hydrogens is 493 g/mol. The van der Waals surface area contributed by atoms with Crippen molar-refractivity contribution in [2.75, 3.05) is 39.5 Å². The zero-order valence-electron chi connectivity index (χ0n) is 20.6. The summed E-state index contributed by atoms with van der Waals surface area (Å²) in [6, 6.07) is 6.08. The molecular formula is C23H28FN5O6S. The van der Waals surface area contributed by atoms with E-state index < -0.39 is 33.6 Å². The van der Waals surface area contributed by atoms with E-state index in [9.17, 15) is 18.0 Å². The van der Waals surface area contributed by atoms with Gasteiger partial charge in [-0.3, -0.25) is 4.72 Å². The zero-order valence-corrected chi connectivity index (χ0v) is 21.4. The van der Waals surface area contributed by atoms with Gasteiger partial charge in [0.1, 0.15) is 11.3 Å². The average Bonchev–Trinajstić information content (AvgIpc) is 2.83. The third-order valence-electron chi connectivity index (χ3n) is 5.47. The zero-order chi connectivity index (χ0) is 26.6. The van der Waals surface area contributed by atoms with Crippen LogP contribution in [0, 0.1) is 5.82 Å². The van der Waals surface area contributed by atoms with Gasteiger partial charge in [-0.1, -0.05) is 6.92 Å². The summed E-state index contributed by atoms with van der Waals surface area (Å²) in [6.45, 7) is 2.99. The van der Waals surface area contributed by atoms with E-state index in [1.807, 2.05) is 28.3 Å². The number of hydrogen-bond acceptors (Lipinski definition) is 8. The summed E-state index contributed by atoms with van der Waals surface area (Å²) >= 11 is 0. The van der Waals surface area contributed by atoms with Gasteiger partial charge in [0.25, 0.3) is 10.2 Å². The van der Waals surface area contributed by atoms with E-state index in [0.29, 0.717) is 24.0 Å². The van der Waals surface area contributed by atoms with Crippen LogP contribution < -0.4 is 19.8 Å². The summed E-state index contributed by atoms with van der Waals surface area (Å²) in [7, 11) is 2.14. The first kappa shape index (κ1) is 27.0. The molecule has 11 nitrogen and oxygen atoms in total. The molecule has 1 amide bonds. The number of pyridine rings is 1. The number of amides is 1. The molecule has 2 heterocycles. The molecule has 0 aliphatic carbocycles. The Kier molecular flexibility index (Phi) is 8.28. The Morgan fingerprint density at radius 1 is 1.19 bits per heavy atom.